The van der Waals surface area contributed by atoms with Gasteiger partial charge in [-0.2, -0.15) is 5.10 Å². The lowest BCUT2D eigenvalue weighted by molar-refractivity contribution is -0.385. The molecule has 1 aliphatic heterocycles. The van der Waals surface area contributed by atoms with Crippen molar-refractivity contribution >= 4 is 34.6 Å². The van der Waals surface area contributed by atoms with Gasteiger partial charge in [0.25, 0.3) is 11.6 Å². The molecule has 10 nitrogen and oxygen atoms in total. The molecule has 0 unspecified atom stereocenters. The molecule has 4 rings (SSSR count). The van der Waals surface area contributed by atoms with Crippen molar-refractivity contribution in [2.75, 3.05) is 20.8 Å². The number of carbonyl (C=O) groups excluding carboxylic acids is 2. The summed E-state index contributed by atoms with van der Waals surface area (Å²) in [5.41, 5.74) is 1.55. The normalized spacial score (nSPS) is 14.8. The second kappa shape index (κ2) is 11.0. The first-order valence-electron chi connectivity index (χ1n) is 10.9. The summed E-state index contributed by atoms with van der Waals surface area (Å²) in [4.78, 5) is 37.1. The standard InChI is InChI=1S/C25H23N3O7S/c1-33-21-10-9-17(12-22(21)34-2)20-14-18(23-8-5-11-36-23)26-27(20)24(29)15-35-25(30)13-16-6-3-4-7-19(16)28(31)32/h3-12,20H,13-15H2,1-2H3/t20-/m0/s1. The van der Waals surface area contributed by atoms with Crippen LogP contribution in [0.3, 0.4) is 0 Å². The summed E-state index contributed by atoms with van der Waals surface area (Å²) in [5.74, 6) is -0.192. The summed E-state index contributed by atoms with van der Waals surface area (Å²) in [6.07, 6.45) is 0.138. The molecule has 1 atom stereocenters. The fourth-order valence-corrected chi connectivity index (χ4v) is 4.63. The number of carbonyl (C=O) groups is 2. The fourth-order valence-electron chi connectivity index (χ4n) is 3.90. The van der Waals surface area contributed by atoms with E-state index in [1.165, 1.54) is 41.7 Å². The molecule has 1 aromatic heterocycles. The van der Waals surface area contributed by atoms with Crippen molar-refractivity contribution in [1.82, 2.24) is 5.01 Å². The van der Waals surface area contributed by atoms with Gasteiger partial charge in [0.15, 0.2) is 18.1 Å². The summed E-state index contributed by atoms with van der Waals surface area (Å²) in [6, 6.07) is 14.7. The number of nitro groups is 1. The summed E-state index contributed by atoms with van der Waals surface area (Å²) >= 11 is 1.51. The van der Waals surface area contributed by atoms with Gasteiger partial charge >= 0.3 is 5.97 Å². The quantitative estimate of drug-likeness (QED) is 0.241. The third-order valence-electron chi connectivity index (χ3n) is 5.64. The molecule has 1 aliphatic rings. The minimum atomic E-state index is -0.748. The van der Waals surface area contributed by atoms with E-state index in [2.05, 4.69) is 5.10 Å². The predicted molar refractivity (Wildman–Crippen MR) is 132 cm³/mol. The smallest absolute Gasteiger partial charge is 0.311 e. The van der Waals surface area contributed by atoms with Crippen LogP contribution in [0.2, 0.25) is 0 Å². The minimum Gasteiger partial charge on any atom is -0.493 e. The Balaban J connectivity index is 1.51. The topological polar surface area (TPSA) is 121 Å². The van der Waals surface area contributed by atoms with E-state index in [-0.39, 0.29) is 17.7 Å². The number of para-hydroxylation sites is 1. The van der Waals surface area contributed by atoms with Gasteiger partial charge in [0, 0.05) is 18.1 Å². The molecule has 0 aliphatic carbocycles. The molecule has 2 heterocycles. The molecule has 3 aromatic rings. The third-order valence-corrected chi connectivity index (χ3v) is 6.56. The molecule has 0 spiro atoms. The summed E-state index contributed by atoms with van der Waals surface area (Å²) in [6.45, 7) is -0.551. The van der Waals surface area contributed by atoms with Crippen molar-refractivity contribution in [3.05, 3.63) is 86.1 Å². The van der Waals surface area contributed by atoms with Crippen LogP contribution in [0.1, 0.15) is 28.5 Å². The zero-order valence-corrected chi connectivity index (χ0v) is 20.4. The van der Waals surface area contributed by atoms with Gasteiger partial charge in [-0.15, -0.1) is 11.3 Å². The molecule has 186 valence electrons. The molecule has 1 amide bonds. The van der Waals surface area contributed by atoms with Gasteiger partial charge in [-0.1, -0.05) is 30.3 Å². The third kappa shape index (κ3) is 5.36. The molecule has 36 heavy (non-hydrogen) atoms. The summed E-state index contributed by atoms with van der Waals surface area (Å²) in [7, 11) is 3.07. The van der Waals surface area contributed by atoms with E-state index in [9.17, 15) is 19.7 Å². The van der Waals surface area contributed by atoms with Crippen LogP contribution in [0, 0.1) is 10.1 Å². The maximum Gasteiger partial charge on any atom is 0.311 e. The average molecular weight is 510 g/mol. The number of hydrazone groups is 1. The maximum atomic E-state index is 13.1. The summed E-state index contributed by atoms with van der Waals surface area (Å²) < 4.78 is 15.9. The van der Waals surface area contributed by atoms with E-state index in [0.29, 0.717) is 17.9 Å². The Kier molecular flexibility index (Phi) is 7.59. The number of thiophene rings is 1. The van der Waals surface area contributed by atoms with Crippen molar-refractivity contribution < 1.29 is 28.7 Å². The van der Waals surface area contributed by atoms with Gasteiger partial charge in [0.05, 0.1) is 42.2 Å². The highest BCUT2D eigenvalue weighted by molar-refractivity contribution is 7.12. The lowest BCUT2D eigenvalue weighted by atomic mass is 10.0. The lowest BCUT2D eigenvalue weighted by Gasteiger charge is -2.22. The average Bonchev–Trinajstić information content (AvgIpc) is 3.57. The van der Waals surface area contributed by atoms with Crippen molar-refractivity contribution in [3.8, 4) is 11.5 Å². The monoisotopic (exact) mass is 509 g/mol. The number of esters is 1. The Hall–Kier alpha value is -4.25. The lowest BCUT2D eigenvalue weighted by Crippen LogP contribution is -2.31. The van der Waals surface area contributed by atoms with Crippen LogP contribution in [0.25, 0.3) is 0 Å². The Morgan fingerprint density at radius 2 is 1.89 bits per heavy atom. The van der Waals surface area contributed by atoms with Gasteiger partial charge in [-0.05, 0) is 29.1 Å². The van der Waals surface area contributed by atoms with Crippen molar-refractivity contribution in [1.29, 1.82) is 0 Å². The zero-order valence-electron chi connectivity index (χ0n) is 19.6. The SMILES string of the molecule is COc1ccc([C@@H]2CC(c3cccs3)=NN2C(=O)COC(=O)Cc2ccccc2[N+](=O)[O-])cc1OC. The van der Waals surface area contributed by atoms with Crippen LogP contribution in [0.4, 0.5) is 5.69 Å². The largest absolute Gasteiger partial charge is 0.493 e. The van der Waals surface area contributed by atoms with Gasteiger partial charge in [-0.3, -0.25) is 19.7 Å². The minimum absolute atomic E-state index is 0.181. The van der Waals surface area contributed by atoms with E-state index >= 15 is 0 Å². The molecule has 2 aromatic carbocycles. The van der Waals surface area contributed by atoms with Crippen LogP contribution in [-0.4, -0.2) is 48.3 Å². The van der Waals surface area contributed by atoms with E-state index in [0.717, 1.165) is 16.2 Å². The number of nitro benzene ring substituents is 1. The number of methoxy groups -OCH3 is 2. The molecule has 0 saturated heterocycles. The first kappa shape index (κ1) is 24.9. The number of hydrogen-bond donors (Lipinski definition) is 0. The van der Waals surface area contributed by atoms with Gasteiger partial charge in [-0.25, -0.2) is 5.01 Å². The molecule has 0 N–H and O–H groups in total. The number of rotatable bonds is 9. The van der Waals surface area contributed by atoms with Crippen LogP contribution in [0.15, 0.2) is 65.1 Å². The number of hydrogen-bond acceptors (Lipinski definition) is 9. The second-order valence-corrected chi connectivity index (χ2v) is 8.77. The number of nitrogens with zero attached hydrogens (tertiary/aromatic N) is 3. The highest BCUT2D eigenvalue weighted by atomic mass is 32.1. The van der Waals surface area contributed by atoms with E-state index in [1.807, 2.05) is 23.6 Å². The number of benzene rings is 2. The van der Waals surface area contributed by atoms with Crippen LogP contribution in [-0.2, 0) is 20.7 Å². The van der Waals surface area contributed by atoms with Crippen molar-refractivity contribution in [2.45, 2.75) is 18.9 Å². The highest BCUT2D eigenvalue weighted by Crippen LogP contribution is 2.37. The first-order chi connectivity index (χ1) is 17.4. The number of ether oxygens (including phenoxy) is 3. The Labute approximate surface area is 210 Å². The van der Waals surface area contributed by atoms with E-state index in [1.54, 1.807) is 25.3 Å². The van der Waals surface area contributed by atoms with E-state index in [4.69, 9.17) is 14.2 Å². The van der Waals surface area contributed by atoms with Crippen LogP contribution >= 0.6 is 11.3 Å². The second-order valence-electron chi connectivity index (χ2n) is 7.82. The molecular weight excluding hydrogens is 486 g/mol. The maximum absolute atomic E-state index is 13.1. The molecule has 0 fully saturated rings. The Morgan fingerprint density at radius 1 is 1.11 bits per heavy atom. The summed E-state index contributed by atoms with van der Waals surface area (Å²) in [5, 5.41) is 19.0. The van der Waals surface area contributed by atoms with Gasteiger partial charge in [0.1, 0.15) is 0 Å². The van der Waals surface area contributed by atoms with Gasteiger partial charge < -0.3 is 14.2 Å². The van der Waals surface area contributed by atoms with Crippen LogP contribution < -0.4 is 9.47 Å². The van der Waals surface area contributed by atoms with Crippen molar-refractivity contribution in [3.63, 3.8) is 0 Å². The molecule has 0 saturated carbocycles. The van der Waals surface area contributed by atoms with Gasteiger partial charge in [0.2, 0.25) is 0 Å². The fraction of sp³-hybridized carbons (Fsp3) is 0.240. The van der Waals surface area contributed by atoms with Crippen LogP contribution in [0.5, 0.6) is 11.5 Å². The Morgan fingerprint density at radius 3 is 2.58 bits per heavy atom. The molecule has 11 heteroatoms. The Bertz CT molecular complexity index is 1310. The van der Waals surface area contributed by atoms with E-state index < -0.39 is 29.4 Å². The molecule has 0 radical (unpaired) electrons. The number of amides is 1. The predicted octanol–water partition coefficient (Wildman–Crippen LogP) is 4.14. The molecular formula is C25H23N3O7S. The first-order valence-corrected chi connectivity index (χ1v) is 11.8. The van der Waals surface area contributed by atoms with Crippen molar-refractivity contribution in [2.24, 2.45) is 5.10 Å². The zero-order chi connectivity index (χ0) is 25.7. The highest BCUT2D eigenvalue weighted by Gasteiger charge is 2.34. The molecule has 0 bridgehead atoms.